The minimum absolute atomic E-state index is 0.0302. The quantitative estimate of drug-likeness (QED) is 0.0747. The Morgan fingerprint density at radius 1 is 0.392 bits per heavy atom. The zero-order valence-corrected chi connectivity index (χ0v) is 33.2. The normalized spacial score (nSPS) is 12.6. The van der Waals surface area contributed by atoms with Crippen LogP contribution in [0.25, 0.3) is 0 Å². The summed E-state index contributed by atoms with van der Waals surface area (Å²) in [6.45, 7) is 2.20. The standard InChI is InChI=1S/C37H72N8O6/c1-42(2)26-34(48)38-24-18-16-20-30(40-36(50)28-44(5)6)32(46)22-14-12-10-9-11-13-15-23-33(47)31(41-37(51)29-45(7)8)21-17-19-25-39-35(49)27-43(3)4/h30-31H,9-29H2,1-8H3,(H,38,48)(H,39,49)(H,40,50)(H,41,51)/t30-,31-/m0/s1. The molecule has 0 aromatic rings. The first-order valence-electron chi connectivity index (χ1n) is 18.9. The molecular weight excluding hydrogens is 652 g/mol. The Kier molecular flexibility index (Phi) is 27.9. The van der Waals surface area contributed by atoms with Crippen LogP contribution in [0, 0.1) is 0 Å². The maximum atomic E-state index is 13.0. The SMILES string of the molecule is CN(C)CC(=O)NCCCC[C@H](NC(=O)CN(C)C)C(=O)CCCCCCCCCC(=O)[C@H](CCCCNC(=O)CN(C)C)NC(=O)CN(C)C. The van der Waals surface area contributed by atoms with E-state index in [1.807, 2.05) is 66.2 Å². The number of carbonyl (C=O) groups excluding carboxylic acids is 6. The van der Waals surface area contributed by atoms with Crippen LogP contribution in [0.1, 0.15) is 96.3 Å². The van der Waals surface area contributed by atoms with Gasteiger partial charge in [-0.15, -0.1) is 0 Å². The number of hydrogen-bond acceptors (Lipinski definition) is 10. The van der Waals surface area contributed by atoms with Crippen molar-refractivity contribution >= 4 is 35.2 Å². The molecule has 0 aromatic carbocycles. The van der Waals surface area contributed by atoms with Crippen molar-refractivity contribution in [3.8, 4) is 0 Å². The van der Waals surface area contributed by atoms with Gasteiger partial charge in [0.05, 0.1) is 38.3 Å². The van der Waals surface area contributed by atoms with Crippen LogP contribution in [0.5, 0.6) is 0 Å². The zero-order chi connectivity index (χ0) is 38.6. The van der Waals surface area contributed by atoms with Crippen molar-refractivity contribution in [2.24, 2.45) is 0 Å². The molecule has 0 aliphatic heterocycles. The first-order chi connectivity index (χ1) is 24.1. The molecular formula is C37H72N8O6. The number of carbonyl (C=O) groups is 6. The monoisotopic (exact) mass is 725 g/mol. The van der Waals surface area contributed by atoms with Crippen molar-refractivity contribution in [3.05, 3.63) is 0 Å². The molecule has 0 bridgehead atoms. The molecule has 0 rings (SSSR count). The van der Waals surface area contributed by atoms with Gasteiger partial charge in [0.25, 0.3) is 0 Å². The molecule has 0 spiro atoms. The predicted molar refractivity (Wildman–Crippen MR) is 203 cm³/mol. The highest BCUT2D eigenvalue weighted by atomic mass is 16.2. The molecule has 2 atom stereocenters. The van der Waals surface area contributed by atoms with Gasteiger partial charge in [-0.2, -0.15) is 0 Å². The summed E-state index contributed by atoms with van der Waals surface area (Å²) in [6.07, 6.45) is 11.3. The van der Waals surface area contributed by atoms with Gasteiger partial charge >= 0.3 is 0 Å². The summed E-state index contributed by atoms with van der Waals surface area (Å²) >= 11 is 0. The van der Waals surface area contributed by atoms with Crippen molar-refractivity contribution in [1.29, 1.82) is 0 Å². The molecule has 0 aliphatic carbocycles. The van der Waals surface area contributed by atoms with Crippen molar-refractivity contribution in [2.45, 2.75) is 108 Å². The second-order valence-corrected chi connectivity index (χ2v) is 14.8. The van der Waals surface area contributed by atoms with Gasteiger partial charge < -0.3 is 40.9 Å². The van der Waals surface area contributed by atoms with E-state index in [4.69, 9.17) is 0 Å². The molecule has 0 unspecified atom stereocenters. The maximum Gasteiger partial charge on any atom is 0.234 e. The van der Waals surface area contributed by atoms with Crippen molar-refractivity contribution in [1.82, 2.24) is 40.9 Å². The summed E-state index contributed by atoms with van der Waals surface area (Å²) in [5.74, 6) is -0.286. The smallest absolute Gasteiger partial charge is 0.234 e. The summed E-state index contributed by atoms with van der Waals surface area (Å²) in [5.41, 5.74) is 0. The molecule has 0 fully saturated rings. The first-order valence-corrected chi connectivity index (χ1v) is 18.9. The number of amides is 4. The van der Waals surface area contributed by atoms with Crippen LogP contribution in [0.3, 0.4) is 0 Å². The highest BCUT2D eigenvalue weighted by Gasteiger charge is 2.21. The Bertz CT molecular complexity index is 943. The highest BCUT2D eigenvalue weighted by Crippen LogP contribution is 2.14. The van der Waals surface area contributed by atoms with Gasteiger partial charge in [0.2, 0.25) is 23.6 Å². The average Bonchev–Trinajstić information content (AvgIpc) is 3.00. The van der Waals surface area contributed by atoms with Gasteiger partial charge in [-0.05, 0) is 108 Å². The molecule has 0 saturated carbocycles. The number of unbranched alkanes of at least 4 members (excludes halogenated alkanes) is 8. The first kappa shape index (κ1) is 48.1. The van der Waals surface area contributed by atoms with E-state index in [-0.39, 0.29) is 48.3 Å². The van der Waals surface area contributed by atoms with E-state index in [1.165, 1.54) is 0 Å². The van der Waals surface area contributed by atoms with E-state index < -0.39 is 12.1 Å². The largest absolute Gasteiger partial charge is 0.355 e. The Labute approximate surface area is 308 Å². The van der Waals surface area contributed by atoms with E-state index in [0.29, 0.717) is 51.9 Å². The average molecular weight is 725 g/mol. The van der Waals surface area contributed by atoms with Crippen LogP contribution in [-0.4, -0.2) is 163 Å². The van der Waals surface area contributed by atoms with Gasteiger partial charge in [-0.1, -0.05) is 32.1 Å². The highest BCUT2D eigenvalue weighted by molar-refractivity contribution is 5.90. The molecule has 4 amide bonds. The fourth-order valence-electron chi connectivity index (χ4n) is 5.60. The van der Waals surface area contributed by atoms with Gasteiger partial charge in [0, 0.05) is 25.9 Å². The summed E-state index contributed by atoms with van der Waals surface area (Å²) in [4.78, 5) is 81.8. The van der Waals surface area contributed by atoms with Crippen LogP contribution >= 0.6 is 0 Å². The molecule has 14 nitrogen and oxygen atoms in total. The third-order valence-electron chi connectivity index (χ3n) is 8.12. The summed E-state index contributed by atoms with van der Waals surface area (Å²) in [7, 11) is 14.6. The predicted octanol–water partition coefficient (Wildman–Crippen LogP) is 1.42. The van der Waals surface area contributed by atoms with Crippen LogP contribution in [0.4, 0.5) is 0 Å². The molecule has 0 aliphatic rings. The van der Waals surface area contributed by atoms with E-state index >= 15 is 0 Å². The molecule has 51 heavy (non-hydrogen) atoms. The van der Waals surface area contributed by atoms with E-state index in [2.05, 4.69) is 21.3 Å². The topological polar surface area (TPSA) is 164 Å². The molecule has 0 aromatic heterocycles. The Morgan fingerprint density at radius 3 is 1.00 bits per heavy atom. The number of Topliss-reactive ketones (excluding diaryl/α,β-unsaturated/α-hetero) is 2. The van der Waals surface area contributed by atoms with Gasteiger partial charge in [0.1, 0.15) is 0 Å². The van der Waals surface area contributed by atoms with Crippen molar-refractivity contribution in [3.63, 3.8) is 0 Å². The van der Waals surface area contributed by atoms with Gasteiger partial charge in [-0.3, -0.25) is 28.8 Å². The third-order valence-corrected chi connectivity index (χ3v) is 8.12. The second-order valence-electron chi connectivity index (χ2n) is 14.8. The summed E-state index contributed by atoms with van der Waals surface area (Å²) < 4.78 is 0. The lowest BCUT2D eigenvalue weighted by Gasteiger charge is -2.19. The Hall–Kier alpha value is -2.94. The van der Waals surface area contributed by atoms with Crippen LogP contribution in [0.15, 0.2) is 0 Å². The minimum Gasteiger partial charge on any atom is -0.355 e. The fourth-order valence-corrected chi connectivity index (χ4v) is 5.60. The van der Waals surface area contributed by atoms with Crippen LogP contribution in [-0.2, 0) is 28.8 Å². The number of nitrogens with one attached hydrogen (secondary N) is 4. The molecule has 14 heteroatoms. The lowest BCUT2D eigenvalue weighted by Crippen LogP contribution is -2.44. The van der Waals surface area contributed by atoms with Crippen molar-refractivity contribution in [2.75, 3.05) is 95.6 Å². The van der Waals surface area contributed by atoms with E-state index in [9.17, 15) is 28.8 Å². The lowest BCUT2D eigenvalue weighted by molar-refractivity contribution is -0.128. The van der Waals surface area contributed by atoms with Crippen LogP contribution < -0.4 is 21.3 Å². The molecule has 296 valence electrons. The molecule has 0 heterocycles. The molecule has 0 radical (unpaired) electrons. The van der Waals surface area contributed by atoms with Crippen molar-refractivity contribution < 1.29 is 28.8 Å². The number of rotatable bonds is 32. The second kappa shape index (κ2) is 29.6. The zero-order valence-electron chi connectivity index (χ0n) is 33.2. The summed E-state index contributed by atoms with van der Waals surface area (Å²) in [5, 5.41) is 11.6. The van der Waals surface area contributed by atoms with Gasteiger partial charge in [-0.25, -0.2) is 0 Å². The summed E-state index contributed by atoms with van der Waals surface area (Å²) in [6, 6.07) is -1.03. The van der Waals surface area contributed by atoms with E-state index in [0.717, 1.165) is 70.6 Å². The molecule has 0 saturated heterocycles. The Morgan fingerprint density at radius 2 is 0.686 bits per heavy atom. The van der Waals surface area contributed by atoms with Gasteiger partial charge in [0.15, 0.2) is 11.6 Å². The number of nitrogens with zero attached hydrogens (tertiary/aromatic N) is 4. The third kappa shape index (κ3) is 29.3. The number of ketones is 2. The van der Waals surface area contributed by atoms with E-state index in [1.54, 1.807) is 9.80 Å². The minimum atomic E-state index is -0.516. The van der Waals surface area contributed by atoms with Crippen LogP contribution in [0.2, 0.25) is 0 Å². The Balaban J connectivity index is 4.51. The lowest BCUT2D eigenvalue weighted by atomic mass is 9.98. The number of likely N-dealkylation sites (N-methyl/N-ethyl adjacent to an activating group) is 4. The maximum absolute atomic E-state index is 13.0. The number of hydrogen-bond donors (Lipinski definition) is 4. The fraction of sp³-hybridized carbons (Fsp3) is 0.838. The molecule has 4 N–H and O–H groups in total.